The smallest absolute Gasteiger partial charge is 0.0587 e. The Hall–Kier alpha value is 0.220. The van der Waals surface area contributed by atoms with Crippen molar-refractivity contribution in [3.63, 3.8) is 0 Å². The van der Waals surface area contributed by atoms with Gasteiger partial charge in [0.15, 0.2) is 0 Å². The van der Waals surface area contributed by atoms with Crippen LogP contribution in [0.2, 0.25) is 0 Å². The van der Waals surface area contributed by atoms with E-state index in [4.69, 9.17) is 5.26 Å². The molecule has 1 nitrogen and oxygen atoms in total. The van der Waals surface area contributed by atoms with Crippen LogP contribution in [-0.4, -0.2) is 4.93 Å². The lowest BCUT2D eigenvalue weighted by Crippen LogP contribution is -1.10. The van der Waals surface area contributed by atoms with E-state index in [1.807, 2.05) is 4.93 Å². The topological polar surface area (TPSA) is 23.8 Å². The van der Waals surface area contributed by atoms with E-state index in [1.54, 1.807) is 6.07 Å². The first-order valence-corrected chi connectivity index (χ1v) is 3.26. The van der Waals surface area contributed by atoms with Gasteiger partial charge in [-0.3, -0.25) is 0 Å². The summed E-state index contributed by atoms with van der Waals surface area (Å²) in [5.41, 5.74) is 0. The minimum Gasteiger partial charge on any atom is -0.199 e. The predicted octanol–water partition coefficient (Wildman–Crippen LogP) is 1.58. The molecule has 5 heavy (non-hydrogen) atoms. The maximum atomic E-state index is 7.32. The summed E-state index contributed by atoms with van der Waals surface area (Å²) < 4.78 is 0. The molecule has 0 aromatic heterocycles. The quantitative estimate of drug-likeness (QED) is 0.413. The summed E-state index contributed by atoms with van der Waals surface area (Å²) in [6, 6.07) is 1.75. The zero-order valence-corrected chi connectivity index (χ0v) is 5.48. The molecule has 0 heterocycles. The number of hydrogen-bond acceptors (Lipinski definition) is 1. The predicted molar refractivity (Wildman–Crippen MR) is 31.2 cm³/mol. The first kappa shape index (κ1) is 8.97. The molecule has 0 saturated carbocycles. The minimum absolute atomic E-state index is 1.43. The lowest BCUT2D eigenvalue weighted by Gasteiger charge is -1.15. The molecular weight excluding hydrogens is 177 g/mol. The molecule has 0 aromatic carbocycles. The summed E-state index contributed by atoms with van der Waals surface area (Å²) in [6.07, 6.45) is 0. The fraction of sp³-hybridized carbons (Fsp3) is 0.667. The Morgan fingerprint density at radius 2 is 1.60 bits per heavy atom. The molecule has 0 atom stereocenters. The van der Waals surface area contributed by atoms with Crippen LogP contribution in [0.5, 0.6) is 0 Å². The Bertz CT molecular complexity index is 28.4. The van der Waals surface area contributed by atoms with Gasteiger partial charge in [0.05, 0.1) is 6.07 Å². The van der Waals surface area contributed by atoms with E-state index >= 15 is 0 Å². The van der Waals surface area contributed by atoms with Gasteiger partial charge in [-0.25, -0.2) is 0 Å². The van der Waals surface area contributed by atoms with Crippen molar-refractivity contribution in [2.75, 3.05) is 4.93 Å². The van der Waals surface area contributed by atoms with Crippen LogP contribution in [0.15, 0.2) is 0 Å². The van der Waals surface area contributed by atoms with E-state index in [0.717, 1.165) is 0 Å². The van der Waals surface area contributed by atoms with Gasteiger partial charge in [0, 0.05) is 6.92 Å². The fourth-order valence-electron chi connectivity index (χ4n) is 0. The molecule has 0 rings (SSSR count). The number of hydrogen-bond donors (Lipinski definition) is 0. The Morgan fingerprint density at radius 3 is 1.60 bits per heavy atom. The molecule has 0 aromatic rings. The van der Waals surface area contributed by atoms with E-state index in [1.165, 1.54) is 6.92 Å². The number of rotatable bonds is 0. The summed E-state index contributed by atoms with van der Waals surface area (Å²) in [7, 11) is 0. The van der Waals surface area contributed by atoms with Crippen LogP contribution in [0, 0.1) is 11.3 Å². The van der Waals surface area contributed by atoms with E-state index < -0.39 is 0 Å². The van der Waals surface area contributed by atoms with Gasteiger partial charge >= 0.3 is 0 Å². The van der Waals surface area contributed by atoms with Gasteiger partial charge in [-0.15, -0.1) is 0 Å². The highest BCUT2D eigenvalue weighted by Gasteiger charge is 1.17. The molecule has 0 radical (unpaired) electrons. The molecule has 0 amide bonds. The third-order valence-corrected chi connectivity index (χ3v) is 0. The molecular formula is C3H6IN. The average molecular weight is 183 g/mol. The van der Waals surface area contributed by atoms with Gasteiger partial charge in [0.25, 0.3) is 0 Å². The van der Waals surface area contributed by atoms with E-state index in [2.05, 4.69) is 22.6 Å². The Balaban J connectivity index is 0. The second-order valence-electron chi connectivity index (χ2n) is 0.224. The maximum absolute atomic E-state index is 7.32. The highest BCUT2D eigenvalue weighted by molar-refractivity contribution is 14.1. The molecule has 0 saturated heterocycles. The van der Waals surface area contributed by atoms with Crippen molar-refractivity contribution in [2.24, 2.45) is 0 Å². The van der Waals surface area contributed by atoms with Crippen molar-refractivity contribution in [2.45, 2.75) is 6.92 Å². The highest BCUT2D eigenvalue weighted by atomic mass is 127. The SMILES string of the molecule is CC#N.CI. The maximum Gasteiger partial charge on any atom is 0.0587 e. The third-order valence-electron chi connectivity index (χ3n) is 0. The van der Waals surface area contributed by atoms with Gasteiger partial charge in [-0.1, -0.05) is 22.6 Å². The van der Waals surface area contributed by atoms with Crippen molar-refractivity contribution in [1.82, 2.24) is 0 Å². The van der Waals surface area contributed by atoms with Gasteiger partial charge in [-0.2, -0.15) is 5.26 Å². The largest absolute Gasteiger partial charge is 0.199 e. The van der Waals surface area contributed by atoms with Crippen molar-refractivity contribution >= 4 is 22.6 Å². The summed E-state index contributed by atoms with van der Waals surface area (Å²) in [5, 5.41) is 7.32. The molecule has 0 unspecified atom stereocenters. The molecule has 0 fully saturated rings. The fourth-order valence-corrected chi connectivity index (χ4v) is 0. The van der Waals surface area contributed by atoms with Crippen LogP contribution in [-0.2, 0) is 0 Å². The third kappa shape index (κ3) is 430. The van der Waals surface area contributed by atoms with Crippen molar-refractivity contribution in [1.29, 1.82) is 5.26 Å². The standard InChI is InChI=1S/C2H3N.CH3I/c1-2-3;1-2/h1H3;1H3. The van der Waals surface area contributed by atoms with Crippen molar-refractivity contribution < 1.29 is 0 Å². The normalized spacial score (nSPS) is 2.80. The second kappa shape index (κ2) is 29.4. The second-order valence-corrected chi connectivity index (χ2v) is 0.224. The van der Waals surface area contributed by atoms with E-state index in [0.29, 0.717) is 0 Å². The Labute approximate surface area is 46.1 Å². The van der Waals surface area contributed by atoms with Gasteiger partial charge < -0.3 is 0 Å². The highest BCUT2D eigenvalue weighted by Crippen LogP contribution is 1.48. The minimum atomic E-state index is 1.43. The molecule has 0 aliphatic rings. The molecule has 30 valence electrons. The molecule has 0 aliphatic carbocycles. The molecule has 0 N–H and O–H groups in total. The number of nitrogens with zero attached hydrogens (tertiary/aromatic N) is 1. The lowest BCUT2D eigenvalue weighted by molar-refractivity contribution is 1.49. The molecule has 0 aliphatic heterocycles. The zero-order chi connectivity index (χ0) is 4.71. The number of halogens is 1. The van der Waals surface area contributed by atoms with Crippen LogP contribution in [0.3, 0.4) is 0 Å². The first-order chi connectivity index (χ1) is 2.41. The number of alkyl halides is 1. The van der Waals surface area contributed by atoms with Crippen LogP contribution in [0.1, 0.15) is 6.92 Å². The average Bonchev–Trinajstić information content (AvgIpc) is 1.46. The number of nitriles is 1. The van der Waals surface area contributed by atoms with Gasteiger partial charge in [0.1, 0.15) is 0 Å². The summed E-state index contributed by atoms with van der Waals surface area (Å²) >= 11 is 2.15. The summed E-state index contributed by atoms with van der Waals surface area (Å²) in [4.78, 5) is 1.97. The summed E-state index contributed by atoms with van der Waals surface area (Å²) in [5.74, 6) is 0. The molecule has 2 heteroatoms. The first-order valence-electron chi connectivity index (χ1n) is 1.10. The molecule has 0 bridgehead atoms. The Morgan fingerprint density at radius 1 is 1.60 bits per heavy atom. The lowest BCUT2D eigenvalue weighted by atomic mass is 11.0. The van der Waals surface area contributed by atoms with E-state index in [-0.39, 0.29) is 0 Å². The van der Waals surface area contributed by atoms with Crippen LogP contribution in [0.4, 0.5) is 0 Å². The summed E-state index contributed by atoms with van der Waals surface area (Å²) in [6.45, 7) is 1.43. The van der Waals surface area contributed by atoms with Crippen molar-refractivity contribution in [3.8, 4) is 6.07 Å². The van der Waals surface area contributed by atoms with Crippen LogP contribution >= 0.6 is 22.6 Å². The zero-order valence-electron chi connectivity index (χ0n) is 3.33. The molecule has 0 spiro atoms. The Kier molecular flexibility index (Phi) is 52.7. The van der Waals surface area contributed by atoms with Crippen LogP contribution < -0.4 is 0 Å². The van der Waals surface area contributed by atoms with Gasteiger partial charge in [0.2, 0.25) is 0 Å². The van der Waals surface area contributed by atoms with Crippen molar-refractivity contribution in [3.05, 3.63) is 0 Å². The monoisotopic (exact) mass is 183 g/mol. The van der Waals surface area contributed by atoms with Crippen LogP contribution in [0.25, 0.3) is 0 Å². The van der Waals surface area contributed by atoms with Gasteiger partial charge in [-0.05, 0) is 4.93 Å². The van der Waals surface area contributed by atoms with E-state index in [9.17, 15) is 0 Å².